The second-order valence-corrected chi connectivity index (χ2v) is 10.1. The molecule has 0 radical (unpaired) electrons. The van der Waals surface area contributed by atoms with E-state index in [0.717, 1.165) is 11.6 Å². The van der Waals surface area contributed by atoms with Crippen LogP contribution in [-0.4, -0.2) is 64.9 Å². The second kappa shape index (κ2) is 10.1. The molecule has 196 valence electrons. The fraction of sp³-hybridized carbons (Fsp3) is 0.481. The molecule has 0 aliphatic carbocycles. The van der Waals surface area contributed by atoms with Crippen LogP contribution in [0.4, 0.5) is 19.4 Å². The number of halogens is 2. The lowest BCUT2D eigenvalue weighted by atomic mass is 9.74. The van der Waals surface area contributed by atoms with Crippen molar-refractivity contribution in [2.75, 3.05) is 31.5 Å². The maximum absolute atomic E-state index is 14.5. The molecule has 1 aromatic heterocycles. The van der Waals surface area contributed by atoms with E-state index in [1.165, 1.54) is 6.07 Å². The number of fused-ring (bicyclic) bond motifs is 2. The molecular formula is C27H31F2N5O3. The van der Waals surface area contributed by atoms with Crippen LogP contribution in [0.2, 0.25) is 0 Å². The Bertz CT molecular complexity index is 1210. The first-order valence-corrected chi connectivity index (χ1v) is 12.9. The number of rotatable bonds is 3. The van der Waals surface area contributed by atoms with Crippen molar-refractivity contribution in [3.63, 3.8) is 0 Å². The van der Waals surface area contributed by atoms with Gasteiger partial charge in [0.15, 0.2) is 11.6 Å². The van der Waals surface area contributed by atoms with Gasteiger partial charge in [-0.25, -0.2) is 18.6 Å². The molecule has 2 saturated heterocycles. The Morgan fingerprint density at radius 3 is 2.65 bits per heavy atom. The van der Waals surface area contributed by atoms with Crippen molar-refractivity contribution in [2.24, 2.45) is 0 Å². The van der Waals surface area contributed by atoms with Gasteiger partial charge < -0.3 is 20.4 Å². The quantitative estimate of drug-likeness (QED) is 0.659. The van der Waals surface area contributed by atoms with Crippen LogP contribution in [0.5, 0.6) is 0 Å². The fourth-order valence-corrected chi connectivity index (χ4v) is 5.92. The number of piperidine rings is 1. The van der Waals surface area contributed by atoms with Gasteiger partial charge in [0.1, 0.15) is 5.82 Å². The van der Waals surface area contributed by atoms with E-state index in [0.29, 0.717) is 51.1 Å². The molecule has 0 bridgehead atoms. The van der Waals surface area contributed by atoms with Gasteiger partial charge in [0.2, 0.25) is 11.8 Å². The predicted octanol–water partition coefficient (Wildman–Crippen LogP) is 3.54. The van der Waals surface area contributed by atoms with E-state index >= 15 is 0 Å². The smallest absolute Gasteiger partial charge is 0.317 e. The number of amides is 4. The Kier molecular flexibility index (Phi) is 6.83. The Hall–Kier alpha value is -3.56. The minimum atomic E-state index is -0.905. The lowest BCUT2D eigenvalue weighted by Crippen LogP contribution is -2.54. The zero-order chi connectivity index (χ0) is 26.2. The Morgan fingerprint density at radius 2 is 1.89 bits per heavy atom. The van der Waals surface area contributed by atoms with Gasteiger partial charge in [-0.15, -0.1) is 0 Å². The van der Waals surface area contributed by atoms with E-state index in [-0.39, 0.29) is 48.3 Å². The first-order chi connectivity index (χ1) is 17.8. The van der Waals surface area contributed by atoms with Crippen molar-refractivity contribution in [1.82, 2.24) is 20.1 Å². The molecule has 2 atom stereocenters. The number of carbonyl (C=O) groups is 3. The van der Waals surface area contributed by atoms with Gasteiger partial charge in [0, 0.05) is 56.3 Å². The molecule has 0 saturated carbocycles. The average molecular weight is 512 g/mol. The normalized spacial score (nSPS) is 22.8. The summed E-state index contributed by atoms with van der Waals surface area (Å²) in [6, 6.07) is 7.29. The van der Waals surface area contributed by atoms with E-state index in [4.69, 9.17) is 0 Å². The van der Waals surface area contributed by atoms with Crippen LogP contribution in [0.15, 0.2) is 36.5 Å². The van der Waals surface area contributed by atoms with Gasteiger partial charge in [-0.05, 0) is 43.4 Å². The number of hydrogen-bond acceptors (Lipinski definition) is 4. The third-order valence-corrected chi connectivity index (χ3v) is 8.04. The maximum Gasteiger partial charge on any atom is 0.317 e. The molecule has 8 nitrogen and oxygen atoms in total. The molecule has 3 aliphatic rings. The van der Waals surface area contributed by atoms with Gasteiger partial charge in [-0.3, -0.25) is 9.59 Å². The van der Waals surface area contributed by atoms with Crippen LogP contribution in [-0.2, 0) is 15.0 Å². The topological polar surface area (TPSA) is 94.6 Å². The number of carbonyl (C=O) groups excluding carboxylic acids is 3. The first-order valence-electron chi connectivity index (χ1n) is 12.9. The molecule has 0 unspecified atom stereocenters. The van der Waals surface area contributed by atoms with E-state index in [9.17, 15) is 23.2 Å². The number of hydrogen-bond donors (Lipinski definition) is 2. The highest BCUT2D eigenvalue weighted by Gasteiger charge is 2.49. The third-order valence-electron chi connectivity index (χ3n) is 8.04. The fourth-order valence-electron chi connectivity index (χ4n) is 5.92. The molecule has 2 fully saturated rings. The van der Waals surface area contributed by atoms with Crippen molar-refractivity contribution in [3.8, 4) is 0 Å². The number of pyridine rings is 1. The third kappa shape index (κ3) is 4.65. The summed E-state index contributed by atoms with van der Waals surface area (Å²) < 4.78 is 28.4. The highest BCUT2D eigenvalue weighted by molar-refractivity contribution is 6.05. The summed E-state index contributed by atoms with van der Waals surface area (Å²) in [6.45, 7) is 3.17. The SMILES string of the molecule is CCC(=O)N1C[C@H](NC(=O)N2CCC3(CC2)C(=O)Nc2ncccc23)CC[C@@H](c2cccc(F)c2F)C1. The Morgan fingerprint density at radius 1 is 1.11 bits per heavy atom. The maximum atomic E-state index is 14.5. The van der Waals surface area contributed by atoms with Crippen molar-refractivity contribution in [2.45, 2.75) is 56.4 Å². The van der Waals surface area contributed by atoms with Gasteiger partial charge in [0.25, 0.3) is 0 Å². The van der Waals surface area contributed by atoms with E-state index in [1.54, 1.807) is 29.0 Å². The van der Waals surface area contributed by atoms with Crippen LogP contribution < -0.4 is 10.6 Å². The lowest BCUT2D eigenvalue weighted by molar-refractivity contribution is -0.131. The van der Waals surface area contributed by atoms with Gasteiger partial charge in [-0.1, -0.05) is 25.1 Å². The van der Waals surface area contributed by atoms with Crippen molar-refractivity contribution in [3.05, 3.63) is 59.3 Å². The molecule has 2 aromatic rings. The molecule has 37 heavy (non-hydrogen) atoms. The molecule has 4 heterocycles. The highest BCUT2D eigenvalue weighted by Crippen LogP contribution is 2.43. The molecule has 5 rings (SSSR count). The monoisotopic (exact) mass is 511 g/mol. The average Bonchev–Trinajstić information content (AvgIpc) is 3.03. The van der Waals surface area contributed by atoms with E-state index < -0.39 is 17.0 Å². The second-order valence-electron chi connectivity index (χ2n) is 10.1. The summed E-state index contributed by atoms with van der Waals surface area (Å²) in [7, 11) is 0. The number of nitrogens with one attached hydrogen (secondary N) is 2. The van der Waals surface area contributed by atoms with E-state index in [1.807, 2.05) is 12.1 Å². The van der Waals surface area contributed by atoms with Crippen LogP contribution in [0, 0.1) is 11.6 Å². The predicted molar refractivity (Wildman–Crippen MR) is 133 cm³/mol. The summed E-state index contributed by atoms with van der Waals surface area (Å²) in [5, 5.41) is 5.92. The number of benzene rings is 1. The summed E-state index contributed by atoms with van der Waals surface area (Å²) in [6.07, 6.45) is 3.96. The molecule has 2 N–H and O–H groups in total. The zero-order valence-electron chi connectivity index (χ0n) is 20.8. The van der Waals surface area contributed by atoms with Crippen LogP contribution in [0.3, 0.4) is 0 Å². The number of urea groups is 1. The van der Waals surface area contributed by atoms with Gasteiger partial charge in [0.05, 0.1) is 5.41 Å². The summed E-state index contributed by atoms with van der Waals surface area (Å²) in [4.78, 5) is 46.3. The molecule has 1 spiro atoms. The number of anilines is 1. The summed E-state index contributed by atoms with van der Waals surface area (Å²) in [5.41, 5.74) is 0.468. The van der Waals surface area contributed by atoms with Crippen molar-refractivity contribution in [1.29, 1.82) is 0 Å². The molecule has 3 aliphatic heterocycles. The van der Waals surface area contributed by atoms with E-state index in [2.05, 4.69) is 15.6 Å². The number of likely N-dealkylation sites (tertiary alicyclic amines) is 2. The van der Waals surface area contributed by atoms with Crippen molar-refractivity contribution < 1.29 is 23.2 Å². The number of aromatic nitrogens is 1. The first kappa shape index (κ1) is 25.1. The largest absolute Gasteiger partial charge is 0.340 e. The van der Waals surface area contributed by atoms with Gasteiger partial charge in [-0.2, -0.15) is 0 Å². The molecule has 1 aromatic carbocycles. The molecule has 4 amide bonds. The summed E-state index contributed by atoms with van der Waals surface area (Å²) in [5.74, 6) is -1.73. The standard InChI is InChI=1S/C27H31F2N5O3/c1-2-22(35)34-15-17(19-5-3-7-21(28)23(19)29)8-9-18(16-34)31-26(37)33-13-10-27(11-14-33)20-6-4-12-30-24(20)32-25(27)36/h3-7,12,17-18H,2,8-11,13-16H2,1H3,(H,31,37)(H,30,32,36)/t17-,18-/m1/s1. The molecular weight excluding hydrogens is 480 g/mol. The zero-order valence-corrected chi connectivity index (χ0v) is 20.8. The van der Waals surface area contributed by atoms with Crippen LogP contribution in [0.25, 0.3) is 0 Å². The Labute approximate surface area is 214 Å². The lowest BCUT2D eigenvalue weighted by Gasteiger charge is -2.38. The van der Waals surface area contributed by atoms with Crippen LogP contribution in [0.1, 0.15) is 56.1 Å². The minimum Gasteiger partial charge on any atom is -0.340 e. The van der Waals surface area contributed by atoms with Crippen LogP contribution >= 0.6 is 0 Å². The number of nitrogens with zero attached hydrogens (tertiary/aromatic N) is 3. The highest BCUT2D eigenvalue weighted by atomic mass is 19.2. The van der Waals surface area contributed by atoms with Gasteiger partial charge >= 0.3 is 6.03 Å². The summed E-state index contributed by atoms with van der Waals surface area (Å²) >= 11 is 0. The van der Waals surface area contributed by atoms with Crippen molar-refractivity contribution >= 4 is 23.7 Å². The Balaban J connectivity index is 1.25. The minimum absolute atomic E-state index is 0.0747. The molecule has 10 heteroatoms.